The van der Waals surface area contributed by atoms with Gasteiger partial charge in [-0.3, -0.25) is 4.79 Å². The molecule has 0 bridgehead atoms. The minimum absolute atomic E-state index is 0.0107. The second-order valence-electron chi connectivity index (χ2n) is 6.63. The number of methoxy groups -OCH3 is 1. The fourth-order valence-electron chi connectivity index (χ4n) is 3.86. The molecule has 31 heavy (non-hydrogen) atoms. The first-order valence-electron chi connectivity index (χ1n) is 8.71. The molecule has 0 fully saturated rings. The van der Waals surface area contributed by atoms with Crippen LogP contribution in [0.1, 0.15) is 22.7 Å². The zero-order valence-electron chi connectivity index (χ0n) is 15.5. The molecule has 0 amide bonds. The standard InChI is InChI=1S/C20H11BrClF3N2O4/c1-30-19(29)14-10(8-28)18-16(12-7-9(22)5-6-27(12)26-18)17(14)15-11(21)3-2-4-13(15)31-20(23,24)25/h2-7,14,17H,1H3. The molecule has 0 saturated heterocycles. The number of fused-ring (bicyclic) bond motifs is 3. The maximum absolute atomic E-state index is 13.1. The van der Waals surface area contributed by atoms with E-state index >= 15 is 0 Å². The highest BCUT2D eigenvalue weighted by Crippen LogP contribution is 2.54. The van der Waals surface area contributed by atoms with Crippen LogP contribution in [0.2, 0.25) is 5.02 Å². The minimum Gasteiger partial charge on any atom is -0.469 e. The molecule has 0 aliphatic heterocycles. The van der Waals surface area contributed by atoms with Crippen LogP contribution in [0, 0.1) is 5.92 Å². The van der Waals surface area contributed by atoms with E-state index in [0.29, 0.717) is 16.1 Å². The number of benzene rings is 1. The van der Waals surface area contributed by atoms with Crippen LogP contribution >= 0.6 is 27.5 Å². The lowest BCUT2D eigenvalue weighted by Gasteiger charge is -2.23. The van der Waals surface area contributed by atoms with Crippen LogP contribution in [0.3, 0.4) is 0 Å². The van der Waals surface area contributed by atoms with Gasteiger partial charge < -0.3 is 9.47 Å². The van der Waals surface area contributed by atoms with Gasteiger partial charge in [0, 0.05) is 32.7 Å². The van der Waals surface area contributed by atoms with Gasteiger partial charge in [-0.15, -0.1) is 13.2 Å². The van der Waals surface area contributed by atoms with Crippen molar-refractivity contribution in [3.05, 3.63) is 62.8 Å². The fourth-order valence-corrected chi connectivity index (χ4v) is 4.62. The van der Waals surface area contributed by atoms with E-state index in [0.717, 1.165) is 13.2 Å². The summed E-state index contributed by atoms with van der Waals surface area (Å²) in [6, 6.07) is 7.10. The first kappa shape index (κ1) is 21.4. The van der Waals surface area contributed by atoms with Crippen LogP contribution < -0.4 is 4.74 Å². The Morgan fingerprint density at radius 3 is 2.68 bits per heavy atom. The molecule has 11 heteroatoms. The number of aromatic nitrogens is 2. The van der Waals surface area contributed by atoms with Crippen LogP contribution in [0.25, 0.3) is 11.1 Å². The molecule has 0 N–H and O–H groups in total. The van der Waals surface area contributed by atoms with Crippen molar-refractivity contribution >= 4 is 50.5 Å². The highest BCUT2D eigenvalue weighted by molar-refractivity contribution is 9.10. The number of hydrogen-bond acceptors (Lipinski definition) is 5. The van der Waals surface area contributed by atoms with E-state index < -0.39 is 29.9 Å². The normalized spacial score (nSPS) is 18.1. The summed E-state index contributed by atoms with van der Waals surface area (Å²) >= 11 is 9.38. The molecule has 1 aliphatic rings. The number of carbonyl (C=O) groups excluding carboxylic acids is 2. The molecule has 1 aromatic carbocycles. The van der Waals surface area contributed by atoms with Crippen molar-refractivity contribution < 1.29 is 32.2 Å². The Bertz CT molecular complexity index is 1270. The number of pyridine rings is 1. The lowest BCUT2D eigenvalue weighted by Crippen LogP contribution is -2.24. The largest absolute Gasteiger partial charge is 0.573 e. The number of esters is 1. The molecule has 2 heterocycles. The summed E-state index contributed by atoms with van der Waals surface area (Å²) in [5.74, 6) is -1.98. The van der Waals surface area contributed by atoms with E-state index in [1.54, 1.807) is 18.1 Å². The molecule has 6 nitrogen and oxygen atoms in total. The molecular formula is C20H11BrClF3N2O4. The van der Waals surface area contributed by atoms with E-state index in [4.69, 9.17) is 16.3 Å². The highest BCUT2D eigenvalue weighted by Gasteiger charge is 2.49. The summed E-state index contributed by atoms with van der Waals surface area (Å²) in [7, 11) is 1.12. The van der Waals surface area contributed by atoms with Crippen molar-refractivity contribution in [2.75, 3.05) is 7.11 Å². The number of ether oxygens (including phenoxy) is 2. The third-order valence-corrected chi connectivity index (χ3v) is 5.89. The molecule has 2 unspecified atom stereocenters. The zero-order chi connectivity index (χ0) is 22.5. The van der Waals surface area contributed by atoms with Crippen molar-refractivity contribution in [2.45, 2.75) is 12.3 Å². The summed E-state index contributed by atoms with van der Waals surface area (Å²) < 4.78 is 50.1. The average Bonchev–Trinajstić information content (AvgIpc) is 3.20. The Morgan fingerprint density at radius 1 is 1.29 bits per heavy atom. The van der Waals surface area contributed by atoms with Crippen molar-refractivity contribution in [3.8, 4) is 5.75 Å². The van der Waals surface area contributed by atoms with Crippen molar-refractivity contribution in [1.82, 2.24) is 9.61 Å². The molecule has 3 aromatic rings. The monoisotopic (exact) mass is 514 g/mol. The average molecular weight is 516 g/mol. The van der Waals surface area contributed by atoms with Crippen molar-refractivity contribution in [3.63, 3.8) is 0 Å². The minimum atomic E-state index is -4.98. The quantitative estimate of drug-likeness (QED) is 0.370. The Morgan fingerprint density at radius 2 is 2.03 bits per heavy atom. The van der Waals surface area contributed by atoms with Gasteiger partial charge in [-0.1, -0.05) is 33.6 Å². The predicted octanol–water partition coefficient (Wildman–Crippen LogP) is 4.80. The molecule has 0 saturated carbocycles. The highest BCUT2D eigenvalue weighted by atomic mass is 79.9. The third-order valence-electron chi connectivity index (χ3n) is 4.96. The lowest BCUT2D eigenvalue weighted by atomic mass is 9.84. The summed E-state index contributed by atoms with van der Waals surface area (Å²) in [5, 5.41) is 4.67. The predicted molar refractivity (Wildman–Crippen MR) is 107 cm³/mol. The molecule has 0 spiro atoms. The van der Waals surface area contributed by atoms with E-state index in [9.17, 15) is 22.8 Å². The van der Waals surface area contributed by atoms with Crippen LogP contribution in [0.5, 0.6) is 5.75 Å². The zero-order valence-corrected chi connectivity index (χ0v) is 17.9. The summed E-state index contributed by atoms with van der Waals surface area (Å²) in [5.41, 5.74) is 0.777. The van der Waals surface area contributed by atoms with Gasteiger partial charge in [-0.2, -0.15) is 5.10 Å². The second-order valence-corrected chi connectivity index (χ2v) is 7.92. The van der Waals surface area contributed by atoms with Crippen LogP contribution in [-0.2, 0) is 14.3 Å². The summed E-state index contributed by atoms with van der Waals surface area (Å²) in [4.78, 5) is 24.5. The number of carbonyl (C=O) groups is 1. The van der Waals surface area contributed by atoms with Crippen LogP contribution in [0.4, 0.5) is 13.2 Å². The van der Waals surface area contributed by atoms with Crippen LogP contribution in [-0.4, -0.2) is 35.0 Å². The number of hydrogen-bond donors (Lipinski definition) is 0. The van der Waals surface area contributed by atoms with E-state index in [-0.39, 0.29) is 21.3 Å². The SMILES string of the molecule is COC(=O)C1C(=C=O)c2nn3ccc(Cl)cc3c2C1c1c(Br)cccc1OC(F)(F)F. The van der Waals surface area contributed by atoms with Crippen molar-refractivity contribution in [2.24, 2.45) is 5.92 Å². The Kier molecular flexibility index (Phi) is 5.33. The number of halogens is 5. The molecular weight excluding hydrogens is 505 g/mol. The van der Waals surface area contributed by atoms with Crippen molar-refractivity contribution in [1.29, 1.82) is 0 Å². The molecule has 2 aromatic heterocycles. The van der Waals surface area contributed by atoms with Gasteiger partial charge >= 0.3 is 12.3 Å². The fraction of sp³-hybridized carbons (Fsp3) is 0.200. The third kappa shape index (κ3) is 3.60. The van der Waals surface area contributed by atoms with Crippen LogP contribution in [0.15, 0.2) is 41.0 Å². The molecule has 160 valence electrons. The number of alkyl halides is 3. The maximum atomic E-state index is 13.1. The molecule has 4 rings (SSSR count). The van der Waals surface area contributed by atoms with E-state index in [2.05, 4.69) is 25.8 Å². The Labute approximate surface area is 186 Å². The van der Waals surface area contributed by atoms with Gasteiger partial charge in [0.25, 0.3) is 0 Å². The summed E-state index contributed by atoms with van der Waals surface area (Å²) in [6.07, 6.45) is -3.44. The van der Waals surface area contributed by atoms with Gasteiger partial charge in [-0.05, 0) is 24.3 Å². The first-order chi connectivity index (χ1) is 14.7. The first-order valence-corrected chi connectivity index (χ1v) is 9.88. The van der Waals surface area contributed by atoms with E-state index in [1.807, 2.05) is 0 Å². The van der Waals surface area contributed by atoms with Gasteiger partial charge in [0.15, 0.2) is 0 Å². The number of nitrogens with zero attached hydrogens (tertiary/aromatic N) is 2. The van der Waals surface area contributed by atoms with E-state index in [1.165, 1.54) is 22.8 Å². The summed E-state index contributed by atoms with van der Waals surface area (Å²) in [6.45, 7) is 0. The van der Waals surface area contributed by atoms with Gasteiger partial charge in [-0.25, -0.2) is 9.31 Å². The van der Waals surface area contributed by atoms with Gasteiger partial charge in [0.1, 0.15) is 23.3 Å². The second kappa shape index (κ2) is 7.71. The van der Waals surface area contributed by atoms with Gasteiger partial charge in [0.05, 0.1) is 18.2 Å². The topological polar surface area (TPSA) is 69.9 Å². The Hall–Kier alpha value is -2.81. The smallest absolute Gasteiger partial charge is 0.469 e. The van der Waals surface area contributed by atoms with Gasteiger partial charge in [0.2, 0.25) is 0 Å². The molecule has 2 atom stereocenters. The maximum Gasteiger partial charge on any atom is 0.573 e. The Balaban J connectivity index is 2.08. The lowest BCUT2D eigenvalue weighted by molar-refractivity contribution is -0.275. The number of rotatable bonds is 3. The molecule has 1 aliphatic carbocycles. The molecule has 0 radical (unpaired) electrons.